The first kappa shape index (κ1) is 34.1. The largest absolute Gasteiger partial charge is 0.444 e. The van der Waals surface area contributed by atoms with Crippen LogP contribution in [0.25, 0.3) is 32.1 Å². The van der Waals surface area contributed by atoms with E-state index in [1.54, 1.807) is 27.0 Å². The zero-order valence-electron chi connectivity index (χ0n) is 26.2. The van der Waals surface area contributed by atoms with Gasteiger partial charge in [0.05, 0.1) is 21.9 Å². The fourth-order valence-corrected chi connectivity index (χ4v) is 7.14. The molecule has 13 heteroatoms. The van der Waals surface area contributed by atoms with Crippen molar-refractivity contribution in [3.63, 3.8) is 0 Å². The Balaban J connectivity index is 2.01. The molecule has 1 N–H and O–H groups in total. The lowest BCUT2D eigenvalue weighted by atomic mass is 9.95. The van der Waals surface area contributed by atoms with E-state index in [9.17, 15) is 10.1 Å². The first-order valence-corrected chi connectivity index (χ1v) is 19.1. The average molecular weight is 677 g/mol. The van der Waals surface area contributed by atoms with Gasteiger partial charge in [-0.25, -0.2) is 23.5 Å². The molecule has 234 valence electrons. The first-order valence-electron chi connectivity index (χ1n) is 14.0. The summed E-state index contributed by atoms with van der Waals surface area (Å²) < 4.78 is 43.8. The third kappa shape index (κ3) is 6.72. The van der Waals surface area contributed by atoms with Gasteiger partial charge in [0.25, 0.3) is 0 Å². The Morgan fingerprint density at radius 2 is 1.89 bits per heavy atom. The van der Waals surface area contributed by atoms with Crippen LogP contribution in [0.2, 0.25) is 23.2 Å². The SMILES string of the molecule is CCSc1ncc2c(CO[Si](C)(C)C(C)(C)C)c(Cl)c(-c3ccc(F)c4sc(NC(=O)OC(C)(C)C)c(C#N)c34)c(F)c2n1. The number of carbonyl (C=O) groups is 1. The molecule has 2 heterocycles. The Morgan fingerprint density at radius 1 is 1.20 bits per heavy atom. The number of rotatable bonds is 7. The second-order valence-corrected chi connectivity index (χ2v) is 20.2. The first-order chi connectivity index (χ1) is 20.4. The summed E-state index contributed by atoms with van der Waals surface area (Å²) in [5.74, 6) is -0.683. The summed E-state index contributed by atoms with van der Waals surface area (Å²) in [6.45, 7) is 17.7. The lowest BCUT2D eigenvalue weighted by Crippen LogP contribution is -2.40. The van der Waals surface area contributed by atoms with Gasteiger partial charge in [-0.2, -0.15) is 5.26 Å². The number of nitriles is 1. The number of halogens is 3. The van der Waals surface area contributed by atoms with Crippen LogP contribution in [0.15, 0.2) is 23.5 Å². The topological polar surface area (TPSA) is 97.1 Å². The van der Waals surface area contributed by atoms with E-state index in [0.717, 1.165) is 11.3 Å². The number of amides is 1. The van der Waals surface area contributed by atoms with E-state index in [1.807, 2.05) is 6.92 Å². The number of thiophene rings is 1. The fraction of sp³-hybridized carbons (Fsp3) is 0.419. The van der Waals surface area contributed by atoms with Crippen LogP contribution in [0, 0.1) is 23.0 Å². The summed E-state index contributed by atoms with van der Waals surface area (Å²) >= 11 is 9.27. The Hall–Kier alpha value is -2.82. The molecule has 4 aromatic rings. The minimum atomic E-state index is -2.27. The molecule has 0 fully saturated rings. The summed E-state index contributed by atoms with van der Waals surface area (Å²) in [4.78, 5) is 21.5. The highest BCUT2D eigenvalue weighted by Crippen LogP contribution is 2.47. The number of hydrogen-bond acceptors (Lipinski definition) is 8. The van der Waals surface area contributed by atoms with Crippen molar-refractivity contribution in [3.8, 4) is 17.2 Å². The number of nitrogens with zero attached hydrogens (tertiary/aromatic N) is 3. The Labute approximate surface area is 270 Å². The van der Waals surface area contributed by atoms with Gasteiger partial charge in [0, 0.05) is 28.1 Å². The third-order valence-corrected chi connectivity index (χ3v) is 14.2. The van der Waals surface area contributed by atoms with Gasteiger partial charge in [-0.15, -0.1) is 11.3 Å². The van der Waals surface area contributed by atoms with E-state index in [-0.39, 0.29) is 54.0 Å². The minimum absolute atomic E-state index is 0.0371. The molecule has 4 rings (SSSR count). The number of benzene rings is 2. The molecule has 7 nitrogen and oxygen atoms in total. The zero-order valence-corrected chi connectivity index (χ0v) is 29.6. The van der Waals surface area contributed by atoms with Gasteiger partial charge in [-0.05, 0) is 56.3 Å². The van der Waals surface area contributed by atoms with Crippen LogP contribution in [0.5, 0.6) is 0 Å². The monoisotopic (exact) mass is 676 g/mol. The van der Waals surface area contributed by atoms with E-state index in [4.69, 9.17) is 20.8 Å². The van der Waals surface area contributed by atoms with E-state index in [0.29, 0.717) is 21.9 Å². The van der Waals surface area contributed by atoms with Gasteiger partial charge >= 0.3 is 6.09 Å². The van der Waals surface area contributed by atoms with Crippen molar-refractivity contribution in [2.45, 2.75) is 84.0 Å². The van der Waals surface area contributed by atoms with Crippen molar-refractivity contribution in [3.05, 3.63) is 46.1 Å². The molecule has 0 bridgehead atoms. The maximum Gasteiger partial charge on any atom is 0.412 e. The van der Waals surface area contributed by atoms with Crippen LogP contribution in [0.1, 0.15) is 59.6 Å². The van der Waals surface area contributed by atoms with Crippen LogP contribution >= 0.6 is 34.7 Å². The maximum atomic E-state index is 16.7. The van der Waals surface area contributed by atoms with Crippen LogP contribution in [-0.2, 0) is 15.8 Å². The Morgan fingerprint density at radius 3 is 2.48 bits per heavy atom. The molecule has 0 spiro atoms. The molecule has 0 atom stereocenters. The highest BCUT2D eigenvalue weighted by Gasteiger charge is 2.38. The molecule has 2 aromatic heterocycles. The molecule has 0 unspecified atom stereocenters. The van der Waals surface area contributed by atoms with Crippen LogP contribution in [-0.4, -0.2) is 35.7 Å². The maximum absolute atomic E-state index is 16.7. The molecule has 0 aliphatic heterocycles. The number of fused-ring (bicyclic) bond motifs is 2. The molecule has 0 saturated heterocycles. The minimum Gasteiger partial charge on any atom is -0.444 e. The molecule has 0 saturated carbocycles. The number of thioether (sulfide) groups is 1. The molecular formula is C31H35ClF2N4O3S2Si. The number of anilines is 1. The smallest absolute Gasteiger partial charge is 0.412 e. The van der Waals surface area contributed by atoms with E-state index < -0.39 is 31.6 Å². The molecule has 0 aliphatic rings. The molecule has 1 amide bonds. The predicted octanol–water partition coefficient (Wildman–Crippen LogP) is 10.3. The van der Waals surface area contributed by atoms with Crippen LogP contribution in [0.4, 0.5) is 18.6 Å². The lowest BCUT2D eigenvalue weighted by molar-refractivity contribution is 0.0636. The lowest BCUT2D eigenvalue weighted by Gasteiger charge is -2.36. The van der Waals surface area contributed by atoms with Gasteiger partial charge in [0.15, 0.2) is 19.3 Å². The normalized spacial score (nSPS) is 12.5. The highest BCUT2D eigenvalue weighted by molar-refractivity contribution is 7.99. The highest BCUT2D eigenvalue weighted by atomic mass is 35.5. The Kier molecular flexibility index (Phi) is 9.69. The number of hydrogen-bond donors (Lipinski definition) is 1. The zero-order chi connectivity index (χ0) is 32.8. The summed E-state index contributed by atoms with van der Waals surface area (Å²) in [6.07, 6.45) is 0.748. The van der Waals surface area contributed by atoms with Crippen molar-refractivity contribution in [2.24, 2.45) is 0 Å². The Bertz CT molecular complexity index is 1810. The third-order valence-electron chi connectivity index (χ3n) is 7.45. The second kappa shape index (κ2) is 12.5. The van der Waals surface area contributed by atoms with Crippen molar-refractivity contribution in [1.29, 1.82) is 5.26 Å². The number of ether oxygens (including phenoxy) is 1. The number of aromatic nitrogens is 2. The molecular weight excluding hydrogens is 642 g/mol. The van der Waals surface area contributed by atoms with Gasteiger partial charge in [0.1, 0.15) is 28.0 Å². The van der Waals surface area contributed by atoms with Gasteiger partial charge in [-0.3, -0.25) is 5.32 Å². The predicted molar refractivity (Wildman–Crippen MR) is 178 cm³/mol. The van der Waals surface area contributed by atoms with E-state index in [2.05, 4.69) is 55.2 Å². The van der Waals surface area contributed by atoms with Crippen molar-refractivity contribution >= 4 is 75.1 Å². The van der Waals surface area contributed by atoms with E-state index >= 15 is 8.78 Å². The average Bonchev–Trinajstić information content (AvgIpc) is 3.27. The van der Waals surface area contributed by atoms with Gasteiger partial charge in [-0.1, -0.05) is 57.1 Å². The molecule has 0 aliphatic carbocycles. The molecule has 0 radical (unpaired) electrons. The summed E-state index contributed by atoms with van der Waals surface area (Å²) in [6, 6.07) is 4.64. The van der Waals surface area contributed by atoms with E-state index in [1.165, 1.54) is 23.9 Å². The van der Waals surface area contributed by atoms with Gasteiger partial charge < -0.3 is 9.16 Å². The number of nitrogens with one attached hydrogen (secondary N) is 1. The summed E-state index contributed by atoms with van der Waals surface area (Å²) in [7, 11) is -2.27. The molecule has 44 heavy (non-hydrogen) atoms. The summed E-state index contributed by atoms with van der Waals surface area (Å²) in [5, 5.41) is 13.7. The van der Waals surface area contributed by atoms with Crippen LogP contribution < -0.4 is 5.32 Å². The fourth-order valence-electron chi connectivity index (χ4n) is 4.25. The standard InChI is InChI=1S/C31H35ClF2N4O3S2Si/c1-10-42-28-36-14-18-19(15-40-44(8,9)31(5,6)7)23(32)22(24(34)25(18)37-28)16-11-12-20(33)26-21(16)17(13-35)27(43-26)38-29(39)41-30(2,3)4/h11-12,14H,10,15H2,1-9H3,(H,38,39). The summed E-state index contributed by atoms with van der Waals surface area (Å²) in [5.41, 5.74) is -0.151. The van der Waals surface area contributed by atoms with Crippen molar-refractivity contribution < 1.29 is 22.7 Å². The van der Waals surface area contributed by atoms with Crippen molar-refractivity contribution in [1.82, 2.24) is 9.97 Å². The quantitative estimate of drug-likeness (QED) is 0.118. The number of carbonyl (C=O) groups excluding carboxylic acids is 1. The second-order valence-electron chi connectivity index (χ2n) is 12.7. The van der Waals surface area contributed by atoms with Crippen LogP contribution in [0.3, 0.4) is 0 Å². The van der Waals surface area contributed by atoms with Gasteiger partial charge in [0.2, 0.25) is 0 Å². The molecule has 2 aromatic carbocycles. The van der Waals surface area contributed by atoms with Crippen molar-refractivity contribution in [2.75, 3.05) is 11.1 Å².